The van der Waals surface area contributed by atoms with Crippen LogP contribution in [0.15, 0.2) is 16.7 Å². The van der Waals surface area contributed by atoms with E-state index in [0.717, 1.165) is 12.1 Å². The van der Waals surface area contributed by atoms with Crippen molar-refractivity contribution in [1.29, 1.82) is 0 Å². The summed E-state index contributed by atoms with van der Waals surface area (Å²) in [5, 5.41) is 12.3. The van der Waals surface area contributed by atoms with Crippen LogP contribution in [0, 0.1) is 18.6 Å². The van der Waals surface area contributed by atoms with Crippen molar-refractivity contribution in [3.63, 3.8) is 0 Å². The van der Waals surface area contributed by atoms with E-state index < -0.39 is 22.9 Å². The molecule has 1 aromatic carbocycles. The van der Waals surface area contributed by atoms with Crippen LogP contribution in [0.2, 0.25) is 0 Å². The molecular formula is C9H6F2N2O2. The van der Waals surface area contributed by atoms with Gasteiger partial charge in [0, 0.05) is 19.1 Å². The normalized spacial score (nSPS) is 10.6. The molecule has 0 atom stereocenters. The molecule has 0 aliphatic heterocycles. The van der Waals surface area contributed by atoms with E-state index in [1.165, 1.54) is 6.92 Å². The number of aromatic nitrogens is 2. The number of benzene rings is 1. The van der Waals surface area contributed by atoms with Crippen molar-refractivity contribution < 1.29 is 18.4 Å². The molecule has 1 N–H and O–H groups in total. The number of rotatable bonds is 1. The van der Waals surface area contributed by atoms with E-state index in [-0.39, 0.29) is 11.7 Å². The summed E-state index contributed by atoms with van der Waals surface area (Å²) in [5.74, 6) is -2.34. The van der Waals surface area contributed by atoms with Crippen LogP contribution < -0.4 is 0 Å². The van der Waals surface area contributed by atoms with Crippen LogP contribution in [0.4, 0.5) is 8.78 Å². The molecule has 0 amide bonds. The first-order chi connectivity index (χ1) is 7.08. The van der Waals surface area contributed by atoms with Crippen LogP contribution in [0.25, 0.3) is 11.4 Å². The molecule has 4 nitrogen and oxygen atoms in total. The summed E-state index contributed by atoms with van der Waals surface area (Å²) in [5.41, 5.74) is -0.412. The summed E-state index contributed by atoms with van der Waals surface area (Å²) in [6.45, 7) is 1.51. The summed E-state index contributed by atoms with van der Waals surface area (Å²) in [6, 6.07) is 1.56. The topological polar surface area (TPSA) is 59.2 Å². The molecule has 1 aromatic heterocycles. The van der Waals surface area contributed by atoms with Crippen LogP contribution in [-0.2, 0) is 0 Å². The first-order valence-electron chi connectivity index (χ1n) is 4.06. The Morgan fingerprint density at radius 1 is 1.27 bits per heavy atom. The van der Waals surface area contributed by atoms with Gasteiger partial charge in [-0.1, -0.05) is 5.16 Å². The maximum atomic E-state index is 13.3. The zero-order valence-electron chi connectivity index (χ0n) is 7.66. The molecule has 0 fully saturated rings. The molecule has 0 aliphatic rings. The minimum Gasteiger partial charge on any atom is -0.508 e. The summed E-state index contributed by atoms with van der Waals surface area (Å²) in [6.07, 6.45) is 0. The van der Waals surface area contributed by atoms with Crippen molar-refractivity contribution in [3.05, 3.63) is 29.7 Å². The lowest BCUT2D eigenvalue weighted by Crippen LogP contribution is -1.91. The quantitative estimate of drug-likeness (QED) is 0.785. The third-order valence-electron chi connectivity index (χ3n) is 1.78. The first kappa shape index (κ1) is 9.57. The smallest absolute Gasteiger partial charge is 0.223 e. The van der Waals surface area contributed by atoms with Gasteiger partial charge in [0.1, 0.15) is 17.4 Å². The van der Waals surface area contributed by atoms with Gasteiger partial charge < -0.3 is 9.63 Å². The van der Waals surface area contributed by atoms with E-state index in [1.807, 2.05) is 0 Å². The molecule has 2 aromatic rings. The largest absolute Gasteiger partial charge is 0.508 e. The number of halogens is 2. The van der Waals surface area contributed by atoms with Gasteiger partial charge in [-0.25, -0.2) is 8.78 Å². The maximum absolute atomic E-state index is 13.3. The molecule has 0 saturated carbocycles. The molecule has 0 aliphatic carbocycles. The maximum Gasteiger partial charge on any atom is 0.223 e. The highest BCUT2D eigenvalue weighted by Crippen LogP contribution is 2.26. The van der Waals surface area contributed by atoms with E-state index in [4.69, 9.17) is 5.11 Å². The Balaban J connectivity index is 2.62. The second-order valence-corrected chi connectivity index (χ2v) is 2.92. The molecule has 0 bridgehead atoms. The zero-order valence-corrected chi connectivity index (χ0v) is 7.66. The number of phenols is 1. The summed E-state index contributed by atoms with van der Waals surface area (Å²) in [4.78, 5) is 3.69. The predicted octanol–water partition coefficient (Wildman–Crippen LogP) is 2.03. The fraction of sp³-hybridized carbons (Fsp3) is 0.111. The SMILES string of the molecule is Cc1nc(-c2c(F)cc(O)cc2F)no1. The third-order valence-corrected chi connectivity index (χ3v) is 1.78. The molecule has 1 heterocycles. The summed E-state index contributed by atoms with van der Waals surface area (Å²) < 4.78 is 31.2. The standard InChI is InChI=1S/C9H6F2N2O2/c1-4-12-9(13-15-4)8-6(10)2-5(14)3-7(8)11/h2-3,14H,1H3. The highest BCUT2D eigenvalue weighted by molar-refractivity contribution is 5.57. The molecule has 0 radical (unpaired) electrons. The average Bonchev–Trinajstić information content (AvgIpc) is 2.49. The Hall–Kier alpha value is -1.98. The monoisotopic (exact) mass is 212 g/mol. The number of aryl methyl sites for hydroxylation is 1. The molecule has 78 valence electrons. The van der Waals surface area contributed by atoms with Gasteiger partial charge in [-0.2, -0.15) is 4.98 Å². The fourth-order valence-electron chi connectivity index (χ4n) is 1.17. The minimum atomic E-state index is -0.937. The number of phenolic OH excluding ortho intramolecular Hbond substituents is 1. The van der Waals surface area contributed by atoms with E-state index >= 15 is 0 Å². The van der Waals surface area contributed by atoms with Gasteiger partial charge >= 0.3 is 0 Å². The van der Waals surface area contributed by atoms with E-state index in [2.05, 4.69) is 14.7 Å². The van der Waals surface area contributed by atoms with Crippen LogP contribution >= 0.6 is 0 Å². The van der Waals surface area contributed by atoms with Crippen molar-refractivity contribution in [1.82, 2.24) is 10.1 Å². The lowest BCUT2D eigenvalue weighted by Gasteiger charge is -2.00. The molecule has 6 heteroatoms. The number of aromatic hydroxyl groups is 1. The Morgan fingerprint density at radius 2 is 1.87 bits per heavy atom. The average molecular weight is 212 g/mol. The summed E-state index contributed by atoms with van der Waals surface area (Å²) in [7, 11) is 0. The lowest BCUT2D eigenvalue weighted by atomic mass is 10.2. The van der Waals surface area contributed by atoms with Gasteiger partial charge in [-0.3, -0.25) is 0 Å². The Bertz CT molecular complexity index is 488. The first-order valence-corrected chi connectivity index (χ1v) is 4.06. The zero-order chi connectivity index (χ0) is 11.0. The van der Waals surface area contributed by atoms with Gasteiger partial charge in [-0.05, 0) is 0 Å². The third kappa shape index (κ3) is 1.65. The Labute approximate surface area is 83.2 Å². The number of nitrogens with zero attached hydrogens (tertiary/aromatic N) is 2. The van der Waals surface area contributed by atoms with Crippen LogP contribution in [0.1, 0.15) is 5.89 Å². The number of hydrogen-bond donors (Lipinski definition) is 1. The highest BCUT2D eigenvalue weighted by atomic mass is 19.1. The van der Waals surface area contributed by atoms with Crippen molar-refractivity contribution in [2.24, 2.45) is 0 Å². The van der Waals surface area contributed by atoms with Crippen LogP contribution in [0.3, 0.4) is 0 Å². The van der Waals surface area contributed by atoms with Gasteiger partial charge in [-0.15, -0.1) is 0 Å². The second kappa shape index (κ2) is 3.30. The van der Waals surface area contributed by atoms with Gasteiger partial charge in [0.15, 0.2) is 0 Å². The molecule has 0 unspecified atom stereocenters. The van der Waals surface area contributed by atoms with E-state index in [0.29, 0.717) is 0 Å². The van der Waals surface area contributed by atoms with E-state index in [1.54, 1.807) is 0 Å². The minimum absolute atomic E-state index is 0.178. The molecule has 0 spiro atoms. The predicted molar refractivity (Wildman–Crippen MR) is 46.1 cm³/mol. The Morgan fingerprint density at radius 3 is 2.33 bits per heavy atom. The fourth-order valence-corrected chi connectivity index (χ4v) is 1.17. The molecule has 15 heavy (non-hydrogen) atoms. The lowest BCUT2D eigenvalue weighted by molar-refractivity contribution is 0.393. The van der Waals surface area contributed by atoms with Gasteiger partial charge in [0.25, 0.3) is 0 Å². The highest BCUT2D eigenvalue weighted by Gasteiger charge is 2.17. The van der Waals surface area contributed by atoms with Crippen LogP contribution in [0.5, 0.6) is 5.75 Å². The van der Waals surface area contributed by atoms with Crippen molar-refractivity contribution in [2.75, 3.05) is 0 Å². The molecule has 0 saturated heterocycles. The number of hydrogen-bond acceptors (Lipinski definition) is 4. The van der Waals surface area contributed by atoms with E-state index in [9.17, 15) is 8.78 Å². The van der Waals surface area contributed by atoms with Gasteiger partial charge in [0.05, 0.1) is 5.56 Å². The van der Waals surface area contributed by atoms with Crippen molar-refractivity contribution in [2.45, 2.75) is 6.92 Å². The second-order valence-electron chi connectivity index (χ2n) is 2.92. The van der Waals surface area contributed by atoms with Crippen molar-refractivity contribution in [3.8, 4) is 17.1 Å². The molecular weight excluding hydrogens is 206 g/mol. The Kier molecular flexibility index (Phi) is 2.11. The molecule has 2 rings (SSSR count). The van der Waals surface area contributed by atoms with Crippen molar-refractivity contribution >= 4 is 0 Å². The van der Waals surface area contributed by atoms with Crippen LogP contribution in [-0.4, -0.2) is 15.2 Å². The summed E-state index contributed by atoms with van der Waals surface area (Å²) >= 11 is 0. The van der Waals surface area contributed by atoms with Gasteiger partial charge in [0.2, 0.25) is 11.7 Å².